The third-order valence-electron chi connectivity index (χ3n) is 6.29. The van der Waals surface area contributed by atoms with Gasteiger partial charge in [0, 0.05) is 36.2 Å². The first kappa shape index (κ1) is 18.8. The number of H-pyrrole nitrogens is 1. The van der Waals surface area contributed by atoms with Gasteiger partial charge in [-0.1, -0.05) is 25.5 Å². The fraction of sp³-hybridized carbons (Fsp3) is 0.619. The second-order valence-corrected chi connectivity index (χ2v) is 9.37. The van der Waals surface area contributed by atoms with Crippen LogP contribution in [0.25, 0.3) is 0 Å². The number of nitrogens with one attached hydrogen (secondary N) is 2. The molecule has 6 heteroatoms. The van der Waals surface area contributed by atoms with Crippen molar-refractivity contribution in [2.45, 2.75) is 62.4 Å². The average molecular weight is 386 g/mol. The molecule has 146 valence electrons. The lowest BCUT2D eigenvalue weighted by Crippen LogP contribution is -2.41. The van der Waals surface area contributed by atoms with E-state index in [1.54, 1.807) is 11.8 Å². The molecule has 0 spiro atoms. The van der Waals surface area contributed by atoms with Crippen LogP contribution in [0.4, 0.5) is 0 Å². The van der Waals surface area contributed by atoms with Crippen LogP contribution in [0.2, 0.25) is 0 Å². The second kappa shape index (κ2) is 7.84. The molecule has 2 bridgehead atoms. The molecular weight excluding hydrogens is 354 g/mol. The Labute approximate surface area is 166 Å². The predicted molar refractivity (Wildman–Crippen MR) is 113 cm³/mol. The van der Waals surface area contributed by atoms with E-state index in [-0.39, 0.29) is 0 Å². The Kier molecular flexibility index (Phi) is 5.46. The van der Waals surface area contributed by atoms with Crippen molar-refractivity contribution in [3.05, 3.63) is 36.3 Å². The van der Waals surface area contributed by atoms with E-state index in [4.69, 9.17) is 4.99 Å². The molecule has 4 aliphatic rings. The normalized spacial score (nSPS) is 28.3. The van der Waals surface area contributed by atoms with Crippen LogP contribution in [0.5, 0.6) is 0 Å². The molecule has 1 aromatic rings. The Hall–Kier alpha value is -1.53. The van der Waals surface area contributed by atoms with E-state index in [2.05, 4.69) is 39.1 Å². The number of aromatic amines is 1. The number of aliphatic imine (C=N–C) groups is 1. The third-order valence-corrected chi connectivity index (χ3v) is 7.15. The van der Waals surface area contributed by atoms with Crippen LogP contribution in [0.1, 0.15) is 57.1 Å². The van der Waals surface area contributed by atoms with Crippen LogP contribution >= 0.6 is 11.8 Å². The van der Waals surface area contributed by atoms with Crippen molar-refractivity contribution < 1.29 is 0 Å². The zero-order chi connectivity index (χ0) is 18.9. The van der Waals surface area contributed by atoms with Gasteiger partial charge in [0.1, 0.15) is 15.9 Å². The summed E-state index contributed by atoms with van der Waals surface area (Å²) in [5.74, 6) is 1.55. The van der Waals surface area contributed by atoms with Crippen LogP contribution in [-0.2, 0) is 0 Å². The van der Waals surface area contributed by atoms with Crippen LogP contribution in [0, 0.1) is 5.41 Å². The third kappa shape index (κ3) is 3.87. The molecule has 5 rings (SSSR count). The maximum atomic E-state index is 4.87. The van der Waals surface area contributed by atoms with Crippen molar-refractivity contribution in [3.63, 3.8) is 0 Å². The molecule has 2 aliphatic heterocycles. The van der Waals surface area contributed by atoms with Gasteiger partial charge in [-0.2, -0.15) is 5.10 Å². The molecule has 4 fully saturated rings. The van der Waals surface area contributed by atoms with Gasteiger partial charge in [0.15, 0.2) is 0 Å². The van der Waals surface area contributed by atoms with Gasteiger partial charge in [-0.3, -0.25) is 5.10 Å². The highest BCUT2D eigenvalue weighted by Crippen LogP contribution is 2.52. The zero-order valence-electron chi connectivity index (χ0n) is 16.5. The van der Waals surface area contributed by atoms with E-state index in [9.17, 15) is 0 Å². The highest BCUT2D eigenvalue weighted by atomic mass is 32.2. The standard InChI is InChI=1S/C21H31N5S/c1-4-7-19(27-20-10-18(24-25-20)16-8-5-6-9-16)23-15(2)26-14-21(13-22-3)11-17(26)12-21/h4,7,10,16-17,22H,2,5-6,8-9,11-14H2,1,3H3,(H,24,25)/b7-4-,23-19?. The lowest BCUT2D eigenvalue weighted by molar-refractivity contribution is 0.183. The summed E-state index contributed by atoms with van der Waals surface area (Å²) in [6, 6.07) is 2.82. The Morgan fingerprint density at radius 3 is 2.96 bits per heavy atom. The maximum Gasteiger partial charge on any atom is 0.124 e. The van der Waals surface area contributed by atoms with E-state index >= 15 is 0 Å². The van der Waals surface area contributed by atoms with Crippen LogP contribution in [-0.4, -0.2) is 46.3 Å². The summed E-state index contributed by atoms with van der Waals surface area (Å²) in [5, 5.41) is 13.1. The summed E-state index contributed by atoms with van der Waals surface area (Å²) < 4.78 is 0. The summed E-state index contributed by atoms with van der Waals surface area (Å²) in [4.78, 5) is 7.27. The van der Waals surface area contributed by atoms with E-state index < -0.39 is 0 Å². The Bertz CT molecular complexity index is 738. The van der Waals surface area contributed by atoms with E-state index in [0.717, 1.165) is 29.0 Å². The summed E-state index contributed by atoms with van der Waals surface area (Å²) in [7, 11) is 2.04. The number of thioether (sulfide) groups is 1. The lowest BCUT2D eigenvalue weighted by atomic mass is 9.70. The summed E-state index contributed by atoms with van der Waals surface area (Å²) >= 11 is 1.63. The molecule has 0 amide bonds. The number of hydrogen-bond donors (Lipinski definition) is 2. The minimum atomic E-state index is 0.435. The highest BCUT2D eigenvalue weighted by Gasteiger charge is 2.54. The summed E-state index contributed by atoms with van der Waals surface area (Å²) in [6.45, 7) is 8.47. The van der Waals surface area contributed by atoms with E-state index in [0.29, 0.717) is 17.4 Å². The number of hydrogen-bond acceptors (Lipinski definition) is 5. The van der Waals surface area contributed by atoms with Gasteiger partial charge in [0.2, 0.25) is 0 Å². The fourth-order valence-corrected chi connectivity index (χ4v) is 5.85. The van der Waals surface area contributed by atoms with E-state index in [1.165, 1.54) is 44.2 Å². The topological polar surface area (TPSA) is 56.3 Å². The van der Waals surface area contributed by atoms with Gasteiger partial charge in [-0.05, 0) is 63.6 Å². The first-order chi connectivity index (χ1) is 13.1. The highest BCUT2D eigenvalue weighted by molar-refractivity contribution is 8.14. The molecule has 0 radical (unpaired) electrons. The monoisotopic (exact) mass is 385 g/mol. The molecule has 2 aliphatic carbocycles. The van der Waals surface area contributed by atoms with Crippen LogP contribution < -0.4 is 5.32 Å². The molecule has 2 N–H and O–H groups in total. The molecule has 3 heterocycles. The molecule has 27 heavy (non-hydrogen) atoms. The first-order valence-corrected chi connectivity index (χ1v) is 11.0. The van der Waals surface area contributed by atoms with Crippen molar-refractivity contribution in [2.24, 2.45) is 10.4 Å². The van der Waals surface area contributed by atoms with Gasteiger partial charge >= 0.3 is 0 Å². The van der Waals surface area contributed by atoms with Crippen molar-refractivity contribution in [3.8, 4) is 0 Å². The average Bonchev–Trinajstić information content (AvgIpc) is 3.37. The van der Waals surface area contributed by atoms with Gasteiger partial charge in [0.05, 0.1) is 0 Å². The molecule has 0 atom stereocenters. The van der Waals surface area contributed by atoms with Crippen molar-refractivity contribution >= 4 is 16.8 Å². The molecule has 1 aromatic heterocycles. The Balaban J connectivity index is 1.42. The minimum absolute atomic E-state index is 0.435. The largest absolute Gasteiger partial charge is 0.353 e. The van der Waals surface area contributed by atoms with Crippen LogP contribution in [0.3, 0.4) is 0 Å². The smallest absolute Gasteiger partial charge is 0.124 e. The first-order valence-electron chi connectivity index (χ1n) is 10.2. The lowest BCUT2D eigenvalue weighted by Gasteiger charge is -2.36. The molecular formula is C21H31N5S. The summed E-state index contributed by atoms with van der Waals surface area (Å²) in [5.41, 5.74) is 1.72. The van der Waals surface area contributed by atoms with Crippen molar-refractivity contribution in [1.82, 2.24) is 20.4 Å². The van der Waals surface area contributed by atoms with Gasteiger partial charge < -0.3 is 10.2 Å². The Morgan fingerprint density at radius 2 is 2.26 bits per heavy atom. The molecule has 0 unspecified atom stereocenters. The number of fused-ring (bicyclic) bond motifs is 1. The minimum Gasteiger partial charge on any atom is -0.353 e. The van der Waals surface area contributed by atoms with E-state index in [1.807, 2.05) is 20.0 Å². The fourth-order valence-electron chi connectivity index (χ4n) is 5.01. The number of aromatic nitrogens is 2. The number of rotatable bonds is 7. The predicted octanol–water partition coefficient (Wildman–Crippen LogP) is 4.29. The number of nitrogens with zero attached hydrogens (tertiary/aromatic N) is 3. The molecule has 0 aromatic carbocycles. The molecule has 2 saturated heterocycles. The quantitative estimate of drug-likeness (QED) is 0.418. The maximum absolute atomic E-state index is 4.87. The molecule has 2 saturated carbocycles. The summed E-state index contributed by atoms with van der Waals surface area (Å²) in [6.07, 6.45) is 11.9. The molecule has 5 nitrogen and oxygen atoms in total. The SMILES string of the molecule is C=C(N=C(/C=C\C)Sc1cc(C2CCCC2)[nH]n1)N1CC2(CNC)CC1C2. The number of allylic oxidation sites excluding steroid dienone is 1. The van der Waals surface area contributed by atoms with Crippen LogP contribution in [0.15, 0.2) is 40.6 Å². The van der Waals surface area contributed by atoms with Crippen molar-refractivity contribution in [2.75, 3.05) is 20.1 Å². The second-order valence-electron chi connectivity index (χ2n) is 8.33. The van der Waals surface area contributed by atoms with Gasteiger partial charge in [-0.15, -0.1) is 0 Å². The zero-order valence-corrected chi connectivity index (χ0v) is 17.3. The van der Waals surface area contributed by atoms with Gasteiger partial charge in [-0.25, -0.2) is 4.99 Å². The Morgan fingerprint density at radius 1 is 1.48 bits per heavy atom. The van der Waals surface area contributed by atoms with Gasteiger partial charge in [0.25, 0.3) is 0 Å². The van der Waals surface area contributed by atoms with Crippen molar-refractivity contribution in [1.29, 1.82) is 0 Å².